The van der Waals surface area contributed by atoms with Gasteiger partial charge >= 0.3 is 0 Å². The molecule has 0 aliphatic heterocycles. The zero-order valence-corrected chi connectivity index (χ0v) is 17.5. The van der Waals surface area contributed by atoms with Gasteiger partial charge in [-0.1, -0.05) is 30.3 Å². The maximum Gasteiger partial charge on any atom is 0.256 e. The lowest BCUT2D eigenvalue weighted by atomic mass is 10.1. The summed E-state index contributed by atoms with van der Waals surface area (Å²) < 4.78 is 5.49. The molecule has 6 heteroatoms. The molecule has 0 radical (unpaired) electrons. The number of fused-ring (bicyclic) bond motifs is 1. The fraction of sp³-hybridized carbons (Fsp3) is 0.160. The summed E-state index contributed by atoms with van der Waals surface area (Å²) in [5.74, 6) is 0.428. The van der Waals surface area contributed by atoms with Crippen molar-refractivity contribution in [2.24, 2.45) is 0 Å². The summed E-state index contributed by atoms with van der Waals surface area (Å²) >= 11 is 0. The summed E-state index contributed by atoms with van der Waals surface area (Å²) in [5.41, 5.74) is 3.60. The van der Waals surface area contributed by atoms with E-state index in [0.717, 1.165) is 16.5 Å². The van der Waals surface area contributed by atoms with E-state index < -0.39 is 0 Å². The molecular weight excluding hydrogens is 390 g/mol. The minimum atomic E-state index is -0.145. The van der Waals surface area contributed by atoms with E-state index in [1.54, 1.807) is 36.4 Å². The molecule has 0 aliphatic rings. The molecule has 4 aromatic rings. The molecule has 31 heavy (non-hydrogen) atoms. The number of hydrogen-bond donors (Lipinski definition) is 1. The van der Waals surface area contributed by atoms with E-state index in [9.17, 15) is 9.59 Å². The molecule has 6 nitrogen and oxygen atoms in total. The van der Waals surface area contributed by atoms with Crippen LogP contribution in [-0.2, 0) is 13.1 Å². The number of para-hydroxylation sites is 1. The third kappa shape index (κ3) is 4.48. The molecule has 1 N–H and O–H groups in total. The molecule has 2 heterocycles. The molecule has 0 saturated heterocycles. The van der Waals surface area contributed by atoms with E-state index in [0.29, 0.717) is 35.7 Å². The van der Waals surface area contributed by atoms with Crippen molar-refractivity contribution in [1.29, 1.82) is 0 Å². The van der Waals surface area contributed by atoms with Crippen LogP contribution in [0.25, 0.3) is 10.9 Å². The first kappa shape index (κ1) is 20.3. The van der Waals surface area contributed by atoms with E-state index in [4.69, 9.17) is 4.42 Å². The summed E-state index contributed by atoms with van der Waals surface area (Å²) in [6.45, 7) is 2.55. The summed E-state index contributed by atoms with van der Waals surface area (Å²) in [6.07, 6.45) is 1.60. The predicted molar refractivity (Wildman–Crippen MR) is 119 cm³/mol. The minimum absolute atomic E-state index is 0.123. The average molecular weight is 413 g/mol. The molecule has 156 valence electrons. The number of pyridine rings is 1. The van der Waals surface area contributed by atoms with Gasteiger partial charge in [-0.05, 0) is 48.9 Å². The van der Waals surface area contributed by atoms with Crippen LogP contribution in [-0.4, -0.2) is 28.7 Å². The number of hydrogen-bond acceptors (Lipinski definition) is 4. The summed E-state index contributed by atoms with van der Waals surface area (Å²) in [5, 5.41) is 3.53. The highest BCUT2D eigenvalue weighted by Gasteiger charge is 2.21. The molecule has 2 aromatic heterocycles. The smallest absolute Gasteiger partial charge is 0.256 e. The number of furan rings is 1. The number of nitrogens with one attached hydrogen (secondary N) is 1. The third-order valence-electron chi connectivity index (χ3n) is 5.18. The van der Waals surface area contributed by atoms with Crippen LogP contribution in [0, 0.1) is 6.92 Å². The lowest BCUT2D eigenvalue weighted by molar-refractivity contribution is 0.0716. The SMILES string of the molecule is CNC(=O)c1ccc(CN(Cc2ccco2)C(=O)c2cc3ccccc3nc2C)cc1. The first-order chi connectivity index (χ1) is 15.0. The first-order valence-electron chi connectivity index (χ1n) is 10.0. The standard InChI is InChI=1S/C25H23N3O3/c1-17-22(14-20-6-3-4-8-23(20)27-17)25(30)28(16-21-7-5-13-31-21)15-18-9-11-19(12-10-18)24(29)26-2/h3-14H,15-16H2,1-2H3,(H,26,29). The summed E-state index contributed by atoms with van der Waals surface area (Å²) in [4.78, 5) is 31.7. The molecule has 0 fully saturated rings. The van der Waals surface area contributed by atoms with Crippen molar-refractivity contribution < 1.29 is 14.0 Å². The lowest BCUT2D eigenvalue weighted by Gasteiger charge is -2.23. The summed E-state index contributed by atoms with van der Waals surface area (Å²) in [6, 6.07) is 20.5. The number of carbonyl (C=O) groups is 2. The number of nitrogens with zero attached hydrogens (tertiary/aromatic N) is 2. The number of benzene rings is 2. The van der Waals surface area contributed by atoms with Gasteiger partial charge in [0.2, 0.25) is 0 Å². The zero-order valence-electron chi connectivity index (χ0n) is 17.5. The largest absolute Gasteiger partial charge is 0.467 e. The monoisotopic (exact) mass is 413 g/mol. The maximum atomic E-state index is 13.5. The zero-order chi connectivity index (χ0) is 21.8. The van der Waals surface area contributed by atoms with Crippen LogP contribution in [0.15, 0.2) is 77.4 Å². The molecule has 2 aromatic carbocycles. The van der Waals surface area contributed by atoms with Crippen LogP contribution in [0.3, 0.4) is 0 Å². The van der Waals surface area contributed by atoms with Gasteiger partial charge in [-0.15, -0.1) is 0 Å². The molecule has 0 bridgehead atoms. The Morgan fingerprint density at radius 3 is 2.48 bits per heavy atom. The quantitative estimate of drug-likeness (QED) is 0.510. The number of carbonyl (C=O) groups excluding carboxylic acids is 2. The molecule has 0 saturated carbocycles. The Balaban J connectivity index is 1.65. The minimum Gasteiger partial charge on any atom is -0.467 e. The van der Waals surface area contributed by atoms with Gasteiger partial charge in [0.25, 0.3) is 11.8 Å². The van der Waals surface area contributed by atoms with Crippen molar-refractivity contribution >= 4 is 22.7 Å². The van der Waals surface area contributed by atoms with E-state index in [-0.39, 0.29) is 11.8 Å². The second kappa shape index (κ2) is 8.83. The van der Waals surface area contributed by atoms with Crippen molar-refractivity contribution in [3.05, 3.63) is 101 Å². The topological polar surface area (TPSA) is 75.4 Å². The molecule has 4 rings (SSSR count). The van der Waals surface area contributed by atoms with Crippen LogP contribution in [0.5, 0.6) is 0 Å². The van der Waals surface area contributed by atoms with Crippen LogP contribution in [0.4, 0.5) is 0 Å². The Hall–Kier alpha value is -3.93. The predicted octanol–water partition coefficient (Wildman–Crippen LogP) is 4.34. The first-order valence-corrected chi connectivity index (χ1v) is 10.0. The maximum absolute atomic E-state index is 13.5. The second-order valence-electron chi connectivity index (χ2n) is 7.33. The number of aryl methyl sites for hydroxylation is 1. The van der Waals surface area contributed by atoms with Gasteiger partial charge in [0.1, 0.15) is 5.76 Å². The Morgan fingerprint density at radius 2 is 1.77 bits per heavy atom. The lowest BCUT2D eigenvalue weighted by Crippen LogP contribution is -2.30. The number of aromatic nitrogens is 1. The molecule has 0 aliphatic carbocycles. The van der Waals surface area contributed by atoms with E-state index >= 15 is 0 Å². The van der Waals surface area contributed by atoms with Crippen molar-refractivity contribution in [2.75, 3.05) is 7.05 Å². The van der Waals surface area contributed by atoms with Gasteiger partial charge < -0.3 is 14.6 Å². The van der Waals surface area contributed by atoms with Gasteiger partial charge in [0, 0.05) is 24.5 Å². The van der Waals surface area contributed by atoms with Crippen molar-refractivity contribution in [3.8, 4) is 0 Å². The number of rotatable bonds is 6. The Morgan fingerprint density at radius 1 is 1.00 bits per heavy atom. The van der Waals surface area contributed by atoms with E-state index in [2.05, 4.69) is 10.3 Å². The summed E-state index contributed by atoms with van der Waals surface area (Å²) in [7, 11) is 1.60. The van der Waals surface area contributed by atoms with E-state index in [1.165, 1.54) is 0 Å². The van der Waals surface area contributed by atoms with Gasteiger partial charge in [0.05, 0.1) is 29.6 Å². The molecule has 0 unspecified atom stereocenters. The fourth-order valence-corrected chi connectivity index (χ4v) is 3.52. The van der Waals surface area contributed by atoms with Crippen LogP contribution in [0.1, 0.15) is 37.7 Å². The molecular formula is C25H23N3O3. The average Bonchev–Trinajstić information content (AvgIpc) is 3.31. The van der Waals surface area contributed by atoms with Crippen LogP contribution >= 0.6 is 0 Å². The van der Waals surface area contributed by atoms with Gasteiger partial charge in [-0.3, -0.25) is 14.6 Å². The highest BCUT2D eigenvalue weighted by atomic mass is 16.3. The van der Waals surface area contributed by atoms with Gasteiger partial charge in [0.15, 0.2) is 0 Å². The highest BCUT2D eigenvalue weighted by Crippen LogP contribution is 2.21. The molecule has 0 atom stereocenters. The van der Waals surface area contributed by atoms with Gasteiger partial charge in [-0.25, -0.2) is 0 Å². The third-order valence-corrected chi connectivity index (χ3v) is 5.18. The Kier molecular flexibility index (Phi) is 5.80. The van der Waals surface area contributed by atoms with Crippen molar-refractivity contribution in [2.45, 2.75) is 20.0 Å². The number of amides is 2. The Labute approximate surface area is 180 Å². The van der Waals surface area contributed by atoms with Crippen molar-refractivity contribution in [3.63, 3.8) is 0 Å². The molecule has 0 spiro atoms. The molecule has 2 amide bonds. The van der Waals surface area contributed by atoms with Gasteiger partial charge in [-0.2, -0.15) is 0 Å². The normalized spacial score (nSPS) is 10.8. The van der Waals surface area contributed by atoms with Crippen molar-refractivity contribution in [1.82, 2.24) is 15.2 Å². The fourth-order valence-electron chi connectivity index (χ4n) is 3.52. The highest BCUT2D eigenvalue weighted by molar-refractivity contribution is 5.98. The van der Waals surface area contributed by atoms with Crippen LogP contribution in [0.2, 0.25) is 0 Å². The second-order valence-corrected chi connectivity index (χ2v) is 7.33. The van der Waals surface area contributed by atoms with Crippen LogP contribution < -0.4 is 5.32 Å². The Bertz CT molecular complexity index is 1210. The van der Waals surface area contributed by atoms with E-state index in [1.807, 2.05) is 55.5 Å².